The lowest BCUT2D eigenvalue weighted by atomic mass is 10.1. The molecule has 1 aliphatic heterocycles. The molecule has 4 nitrogen and oxygen atoms in total. The molecule has 1 aliphatic rings. The van der Waals surface area contributed by atoms with Gasteiger partial charge in [0.1, 0.15) is 0 Å². The van der Waals surface area contributed by atoms with Crippen molar-refractivity contribution in [1.82, 2.24) is 0 Å². The quantitative estimate of drug-likeness (QED) is 0.802. The van der Waals surface area contributed by atoms with Crippen LogP contribution < -0.4 is 4.90 Å². The van der Waals surface area contributed by atoms with Gasteiger partial charge in [0.25, 0.3) is 11.7 Å². The third-order valence-electron chi connectivity index (χ3n) is 2.70. The first-order valence-corrected chi connectivity index (χ1v) is 6.57. The fourth-order valence-corrected chi connectivity index (χ4v) is 2.22. The minimum atomic E-state index is -0.476. The van der Waals surface area contributed by atoms with Gasteiger partial charge in [0.2, 0.25) is 0 Å². The van der Waals surface area contributed by atoms with Gasteiger partial charge in [0.05, 0.1) is 24.0 Å². The Hall–Kier alpha value is -1.20. The van der Waals surface area contributed by atoms with Crippen LogP contribution in [0.3, 0.4) is 0 Å². The summed E-state index contributed by atoms with van der Waals surface area (Å²) in [7, 11) is 0. The Morgan fingerprint density at radius 1 is 1.33 bits per heavy atom. The highest BCUT2D eigenvalue weighted by Gasteiger charge is 2.35. The summed E-state index contributed by atoms with van der Waals surface area (Å²) in [6.07, 6.45) is 0.111. The second-order valence-electron chi connectivity index (χ2n) is 4.37. The van der Waals surface area contributed by atoms with E-state index >= 15 is 0 Å². The van der Waals surface area contributed by atoms with E-state index in [4.69, 9.17) is 4.74 Å². The summed E-state index contributed by atoms with van der Waals surface area (Å²) >= 11 is 3.34. The molecule has 1 aromatic carbocycles. The predicted octanol–water partition coefficient (Wildman–Crippen LogP) is 2.40. The van der Waals surface area contributed by atoms with Crippen LogP contribution in [0.15, 0.2) is 22.7 Å². The molecule has 0 spiro atoms. The van der Waals surface area contributed by atoms with Gasteiger partial charge in [-0.05, 0) is 32.0 Å². The molecule has 5 heteroatoms. The van der Waals surface area contributed by atoms with E-state index in [0.717, 1.165) is 4.47 Å². The van der Waals surface area contributed by atoms with Crippen molar-refractivity contribution in [3.63, 3.8) is 0 Å². The van der Waals surface area contributed by atoms with Gasteiger partial charge in [-0.25, -0.2) is 0 Å². The molecule has 0 saturated carbocycles. The van der Waals surface area contributed by atoms with Gasteiger partial charge >= 0.3 is 0 Å². The summed E-state index contributed by atoms with van der Waals surface area (Å²) in [6, 6.07) is 5.22. The zero-order chi connectivity index (χ0) is 13.3. The lowest BCUT2D eigenvalue weighted by molar-refractivity contribution is -0.114. The number of fused-ring (bicyclic) bond motifs is 1. The normalized spacial score (nSPS) is 14.6. The van der Waals surface area contributed by atoms with Crippen LogP contribution >= 0.6 is 15.9 Å². The van der Waals surface area contributed by atoms with E-state index in [1.54, 1.807) is 18.2 Å². The van der Waals surface area contributed by atoms with Gasteiger partial charge in [-0.2, -0.15) is 0 Å². The van der Waals surface area contributed by atoms with Crippen molar-refractivity contribution in [2.75, 3.05) is 18.1 Å². The number of ether oxygens (including phenoxy) is 1. The number of anilines is 1. The number of Topliss-reactive ketones (excluding diaryl/α,β-unsaturated/α-hetero) is 1. The molecule has 0 aliphatic carbocycles. The van der Waals surface area contributed by atoms with E-state index in [0.29, 0.717) is 24.4 Å². The highest BCUT2D eigenvalue weighted by Crippen LogP contribution is 2.31. The van der Waals surface area contributed by atoms with Crippen molar-refractivity contribution in [2.45, 2.75) is 20.0 Å². The zero-order valence-corrected chi connectivity index (χ0v) is 11.9. The number of nitrogens with zero attached hydrogens (tertiary/aromatic N) is 1. The lowest BCUT2D eigenvalue weighted by Crippen LogP contribution is -2.33. The molecule has 0 N–H and O–H groups in total. The van der Waals surface area contributed by atoms with E-state index < -0.39 is 11.7 Å². The van der Waals surface area contributed by atoms with Gasteiger partial charge in [0, 0.05) is 11.0 Å². The van der Waals surface area contributed by atoms with Crippen LogP contribution in [0.4, 0.5) is 5.69 Å². The fourth-order valence-electron chi connectivity index (χ4n) is 1.87. The molecule has 0 aromatic heterocycles. The van der Waals surface area contributed by atoms with Crippen LogP contribution in [0.25, 0.3) is 0 Å². The van der Waals surface area contributed by atoms with Crippen LogP contribution in [0.5, 0.6) is 0 Å². The largest absolute Gasteiger partial charge is 0.377 e. The summed E-state index contributed by atoms with van der Waals surface area (Å²) in [5, 5.41) is 0. The van der Waals surface area contributed by atoms with Crippen LogP contribution in [-0.2, 0) is 9.53 Å². The van der Waals surface area contributed by atoms with Crippen LogP contribution in [0.2, 0.25) is 0 Å². The second-order valence-corrected chi connectivity index (χ2v) is 5.28. The maximum Gasteiger partial charge on any atom is 0.299 e. The topological polar surface area (TPSA) is 46.6 Å². The molecular formula is C13H14BrNO3. The first kappa shape index (κ1) is 13.2. The number of benzene rings is 1. The summed E-state index contributed by atoms with van der Waals surface area (Å²) in [5.41, 5.74) is 1.12. The Balaban J connectivity index is 2.19. The number of carbonyl (C=O) groups is 2. The molecule has 96 valence electrons. The number of amides is 1. The monoisotopic (exact) mass is 311 g/mol. The number of hydrogen-bond acceptors (Lipinski definition) is 3. The number of rotatable bonds is 4. The molecule has 0 unspecified atom stereocenters. The van der Waals surface area contributed by atoms with Crippen molar-refractivity contribution in [3.05, 3.63) is 28.2 Å². The molecule has 0 fully saturated rings. The van der Waals surface area contributed by atoms with E-state index in [-0.39, 0.29) is 6.10 Å². The maximum absolute atomic E-state index is 11.9. The van der Waals surface area contributed by atoms with E-state index in [1.807, 2.05) is 13.8 Å². The molecular weight excluding hydrogens is 298 g/mol. The summed E-state index contributed by atoms with van der Waals surface area (Å²) < 4.78 is 6.26. The van der Waals surface area contributed by atoms with Gasteiger partial charge in [0.15, 0.2) is 0 Å². The van der Waals surface area contributed by atoms with Gasteiger partial charge in [-0.1, -0.05) is 15.9 Å². The van der Waals surface area contributed by atoms with Crippen molar-refractivity contribution >= 4 is 33.3 Å². The summed E-state index contributed by atoms with van der Waals surface area (Å²) in [5.74, 6) is -0.919. The van der Waals surface area contributed by atoms with E-state index in [2.05, 4.69) is 15.9 Å². The Bertz CT molecular complexity index is 499. The van der Waals surface area contributed by atoms with Crippen LogP contribution in [0.1, 0.15) is 24.2 Å². The van der Waals surface area contributed by atoms with E-state index in [9.17, 15) is 9.59 Å². The van der Waals surface area contributed by atoms with Crippen molar-refractivity contribution in [3.8, 4) is 0 Å². The molecule has 2 rings (SSSR count). The number of ketones is 1. The van der Waals surface area contributed by atoms with Crippen LogP contribution in [-0.4, -0.2) is 30.9 Å². The molecule has 0 bridgehead atoms. The third kappa shape index (κ3) is 2.47. The van der Waals surface area contributed by atoms with Gasteiger partial charge in [-0.15, -0.1) is 0 Å². The van der Waals surface area contributed by atoms with Crippen LogP contribution in [0, 0.1) is 0 Å². The lowest BCUT2D eigenvalue weighted by Gasteiger charge is -2.17. The predicted molar refractivity (Wildman–Crippen MR) is 71.9 cm³/mol. The standard InChI is InChI=1S/C13H14BrNO3/c1-8(2)18-6-5-15-11-7-9(14)3-4-10(11)12(16)13(15)17/h3-4,7-8H,5-6H2,1-2H3. The van der Waals surface area contributed by atoms with Gasteiger partial charge < -0.3 is 9.64 Å². The minimum absolute atomic E-state index is 0.111. The average Bonchev–Trinajstić information content (AvgIpc) is 2.53. The highest BCUT2D eigenvalue weighted by molar-refractivity contribution is 9.10. The van der Waals surface area contributed by atoms with Gasteiger partial charge in [-0.3, -0.25) is 9.59 Å². The SMILES string of the molecule is CC(C)OCCN1C(=O)C(=O)c2ccc(Br)cc21. The zero-order valence-electron chi connectivity index (χ0n) is 10.3. The molecule has 1 aromatic rings. The number of hydrogen-bond donors (Lipinski definition) is 0. The smallest absolute Gasteiger partial charge is 0.299 e. The Morgan fingerprint density at radius 2 is 2.06 bits per heavy atom. The first-order chi connectivity index (χ1) is 8.50. The highest BCUT2D eigenvalue weighted by atomic mass is 79.9. The summed E-state index contributed by atoms with van der Waals surface area (Å²) in [4.78, 5) is 25.1. The summed E-state index contributed by atoms with van der Waals surface area (Å²) in [6.45, 7) is 4.68. The minimum Gasteiger partial charge on any atom is -0.377 e. The Kier molecular flexibility index (Phi) is 3.82. The van der Waals surface area contributed by atoms with E-state index in [1.165, 1.54) is 4.90 Å². The average molecular weight is 312 g/mol. The Labute approximate surface area is 114 Å². The Morgan fingerprint density at radius 3 is 2.72 bits per heavy atom. The van der Waals surface area contributed by atoms with Crippen molar-refractivity contribution in [2.24, 2.45) is 0 Å². The second kappa shape index (κ2) is 5.20. The maximum atomic E-state index is 11.9. The molecule has 1 amide bonds. The number of halogens is 1. The molecule has 0 atom stereocenters. The molecule has 0 saturated heterocycles. The third-order valence-corrected chi connectivity index (χ3v) is 3.19. The fraction of sp³-hybridized carbons (Fsp3) is 0.385. The molecule has 18 heavy (non-hydrogen) atoms. The first-order valence-electron chi connectivity index (χ1n) is 5.78. The van der Waals surface area contributed by atoms with Crippen molar-refractivity contribution in [1.29, 1.82) is 0 Å². The molecule has 0 radical (unpaired) electrons. The molecule has 1 heterocycles. The van der Waals surface area contributed by atoms with Crippen molar-refractivity contribution < 1.29 is 14.3 Å². The number of carbonyl (C=O) groups excluding carboxylic acids is 2.